The molecule has 1 saturated heterocycles. The van der Waals surface area contributed by atoms with E-state index in [9.17, 15) is 18.5 Å². The molecule has 6 rings (SSSR count). The molecule has 1 aliphatic heterocycles. The molecule has 1 aliphatic rings. The van der Waals surface area contributed by atoms with Crippen LogP contribution in [0, 0.1) is 5.82 Å². The van der Waals surface area contributed by atoms with Crippen molar-refractivity contribution in [3.05, 3.63) is 156 Å². The second kappa shape index (κ2) is 15.6. The maximum Gasteiger partial charge on any atom is 0.415 e. The van der Waals surface area contributed by atoms with E-state index in [0.717, 1.165) is 16.7 Å². The van der Waals surface area contributed by atoms with Crippen LogP contribution >= 0.6 is 7.60 Å². The molecule has 0 aliphatic carbocycles. The van der Waals surface area contributed by atoms with Crippen LogP contribution in [0.15, 0.2) is 133 Å². The van der Waals surface area contributed by atoms with Gasteiger partial charge in [-0.3, -0.25) is 14.3 Å². The Balaban J connectivity index is 1.43. The van der Waals surface area contributed by atoms with Gasteiger partial charge in [0.05, 0.1) is 12.4 Å². The van der Waals surface area contributed by atoms with Crippen LogP contribution in [0.5, 0.6) is 11.5 Å². The van der Waals surface area contributed by atoms with Gasteiger partial charge in [0.15, 0.2) is 5.78 Å². The number of carbonyl (C=O) groups excluding carboxylic acids is 2. The Morgan fingerprint density at radius 3 is 2.16 bits per heavy atom. The first-order chi connectivity index (χ1) is 24.7. The predicted molar refractivity (Wildman–Crippen MR) is 192 cm³/mol. The van der Waals surface area contributed by atoms with E-state index in [1.54, 1.807) is 43.5 Å². The Morgan fingerprint density at radius 1 is 0.843 bits per heavy atom. The fraction of sp³-hybridized carbons (Fsp3) is 0.150. The van der Waals surface area contributed by atoms with Gasteiger partial charge in [-0.2, -0.15) is 0 Å². The third-order valence-electron chi connectivity index (χ3n) is 8.51. The number of methoxy groups -OCH3 is 1. The number of ketones is 1. The Bertz CT molecular complexity index is 2060. The smallest absolute Gasteiger partial charge is 0.415 e. The first-order valence-electron chi connectivity index (χ1n) is 16.0. The summed E-state index contributed by atoms with van der Waals surface area (Å²) in [5, 5.41) is 0.412. The minimum Gasteiger partial charge on any atom is -0.497 e. The van der Waals surface area contributed by atoms with E-state index in [2.05, 4.69) is 0 Å². The summed E-state index contributed by atoms with van der Waals surface area (Å²) in [7, 11) is 0.782. The van der Waals surface area contributed by atoms with Gasteiger partial charge in [-0.05, 0) is 95.6 Å². The van der Waals surface area contributed by atoms with Gasteiger partial charge < -0.3 is 23.3 Å². The van der Waals surface area contributed by atoms with Crippen molar-refractivity contribution in [2.45, 2.75) is 18.8 Å². The Morgan fingerprint density at radius 2 is 1.51 bits per heavy atom. The molecule has 260 valence electrons. The lowest BCUT2D eigenvalue weighted by atomic mass is 9.95. The number of carbonyl (C=O) groups is 2. The molecule has 0 N–H and O–H groups in total. The number of rotatable bonds is 13. The molecule has 0 saturated carbocycles. The van der Waals surface area contributed by atoms with Gasteiger partial charge in [0.2, 0.25) is 0 Å². The standard InChI is InChI=1S/C40H35FNO8P/c1-46-33-18-16-32(17-19-33)42-39(37(50-40(42)44)24-23-36(43)29-9-14-31(41)15-10-29)35-22-13-30(25-38(35)49-26-27-7-5-4-6-8-27)28-11-20-34(21-12-28)51(45,47-2)48-3/h4-25,37,39H,26H2,1-3H3/b24-23+/t37-,39-/m1/s1. The number of amides is 1. The van der Waals surface area contributed by atoms with E-state index in [-0.39, 0.29) is 18.0 Å². The van der Waals surface area contributed by atoms with Crippen molar-refractivity contribution in [2.24, 2.45) is 0 Å². The first kappa shape index (κ1) is 35.3. The average Bonchev–Trinajstić information content (AvgIpc) is 3.51. The van der Waals surface area contributed by atoms with E-state index in [4.69, 9.17) is 23.3 Å². The molecular weight excluding hydrogens is 672 g/mol. The van der Waals surface area contributed by atoms with Crippen molar-refractivity contribution in [2.75, 3.05) is 26.2 Å². The lowest BCUT2D eigenvalue weighted by Crippen LogP contribution is -2.29. The fourth-order valence-corrected chi connectivity index (χ4v) is 6.89. The summed E-state index contributed by atoms with van der Waals surface area (Å²) in [5.41, 5.74) is 3.98. The lowest BCUT2D eigenvalue weighted by Gasteiger charge is -2.26. The number of benzene rings is 5. The van der Waals surface area contributed by atoms with Crippen LogP contribution in [0.2, 0.25) is 0 Å². The van der Waals surface area contributed by atoms with Gasteiger partial charge in [-0.1, -0.05) is 54.6 Å². The summed E-state index contributed by atoms with van der Waals surface area (Å²) in [4.78, 5) is 28.2. The van der Waals surface area contributed by atoms with Gasteiger partial charge in [0.25, 0.3) is 0 Å². The Labute approximate surface area is 295 Å². The molecule has 0 unspecified atom stereocenters. The van der Waals surface area contributed by atoms with E-state index < -0.39 is 31.7 Å². The number of ether oxygens (including phenoxy) is 3. The minimum atomic E-state index is -3.44. The maximum atomic E-state index is 13.6. The number of nitrogens with zero attached hydrogens (tertiary/aromatic N) is 1. The van der Waals surface area contributed by atoms with E-state index >= 15 is 0 Å². The number of hydrogen-bond acceptors (Lipinski definition) is 8. The average molecular weight is 708 g/mol. The molecule has 9 nitrogen and oxygen atoms in total. The monoisotopic (exact) mass is 707 g/mol. The van der Waals surface area contributed by atoms with Gasteiger partial charge in [-0.25, -0.2) is 9.18 Å². The highest BCUT2D eigenvalue weighted by Crippen LogP contribution is 2.46. The highest BCUT2D eigenvalue weighted by Gasteiger charge is 2.44. The Hall–Kier alpha value is -5.54. The molecule has 51 heavy (non-hydrogen) atoms. The molecular formula is C40H35FNO8P. The zero-order valence-electron chi connectivity index (χ0n) is 28.1. The van der Waals surface area contributed by atoms with Crippen molar-refractivity contribution in [3.8, 4) is 22.6 Å². The second-order valence-corrected chi connectivity index (χ2v) is 13.8. The highest BCUT2D eigenvalue weighted by atomic mass is 31.2. The largest absolute Gasteiger partial charge is 0.497 e. The van der Waals surface area contributed by atoms with Crippen LogP contribution in [-0.2, 0) is 25.0 Å². The number of allylic oxidation sites excluding steroid dienone is 1. The summed E-state index contributed by atoms with van der Waals surface area (Å²) in [6.07, 6.45) is 1.33. The Kier molecular flexibility index (Phi) is 10.8. The third-order valence-corrected chi connectivity index (χ3v) is 10.4. The molecule has 0 spiro atoms. The number of anilines is 1. The maximum absolute atomic E-state index is 13.6. The second-order valence-electron chi connectivity index (χ2n) is 11.5. The molecule has 0 bridgehead atoms. The molecule has 1 amide bonds. The van der Waals surface area contributed by atoms with Gasteiger partial charge in [0, 0.05) is 31.0 Å². The van der Waals surface area contributed by atoms with E-state index in [0.29, 0.717) is 28.1 Å². The van der Waals surface area contributed by atoms with Crippen molar-refractivity contribution < 1.29 is 41.8 Å². The first-order valence-corrected chi connectivity index (χ1v) is 17.5. The van der Waals surface area contributed by atoms with Gasteiger partial charge in [-0.15, -0.1) is 0 Å². The summed E-state index contributed by atoms with van der Waals surface area (Å²) in [5.74, 6) is 0.255. The fourth-order valence-electron chi connectivity index (χ4n) is 5.80. The molecule has 0 radical (unpaired) electrons. The summed E-state index contributed by atoms with van der Waals surface area (Å²) >= 11 is 0. The summed E-state index contributed by atoms with van der Waals surface area (Å²) < 4.78 is 54.5. The summed E-state index contributed by atoms with van der Waals surface area (Å²) in [6, 6.07) is 33.7. The predicted octanol–water partition coefficient (Wildman–Crippen LogP) is 8.70. The molecule has 0 aromatic heterocycles. The molecule has 11 heteroatoms. The quantitative estimate of drug-likeness (QED) is 0.0681. The normalized spacial score (nSPS) is 15.9. The van der Waals surface area contributed by atoms with E-state index in [1.165, 1.54) is 55.5 Å². The molecule has 2 atom stereocenters. The molecule has 5 aromatic rings. The zero-order valence-corrected chi connectivity index (χ0v) is 29.0. The van der Waals surface area contributed by atoms with Crippen LogP contribution in [0.1, 0.15) is 27.5 Å². The van der Waals surface area contributed by atoms with Crippen LogP contribution in [0.4, 0.5) is 14.9 Å². The van der Waals surface area contributed by atoms with Crippen LogP contribution in [-0.4, -0.2) is 39.3 Å². The molecule has 5 aromatic carbocycles. The minimum absolute atomic E-state index is 0.231. The molecule has 1 heterocycles. The third kappa shape index (κ3) is 7.79. The topological polar surface area (TPSA) is 101 Å². The van der Waals surface area contributed by atoms with Crippen molar-refractivity contribution >= 4 is 30.5 Å². The van der Waals surface area contributed by atoms with Crippen molar-refractivity contribution in [1.82, 2.24) is 0 Å². The van der Waals surface area contributed by atoms with Crippen LogP contribution in [0.3, 0.4) is 0 Å². The lowest BCUT2D eigenvalue weighted by molar-refractivity contribution is 0.104. The molecule has 1 fully saturated rings. The SMILES string of the molecule is COc1ccc(N2C(=O)O[C@H](/C=C/C(=O)c3ccc(F)cc3)[C@H]2c2ccc(-c3ccc(P(=O)(OC)OC)cc3)cc2OCc2ccccc2)cc1. The van der Waals surface area contributed by atoms with Crippen LogP contribution < -0.4 is 19.7 Å². The number of halogens is 1. The van der Waals surface area contributed by atoms with Gasteiger partial charge >= 0.3 is 13.7 Å². The van der Waals surface area contributed by atoms with E-state index in [1.807, 2.05) is 60.7 Å². The number of hydrogen-bond donors (Lipinski definition) is 0. The highest BCUT2D eigenvalue weighted by molar-refractivity contribution is 7.62. The van der Waals surface area contributed by atoms with Crippen molar-refractivity contribution in [1.29, 1.82) is 0 Å². The van der Waals surface area contributed by atoms with Crippen molar-refractivity contribution in [3.63, 3.8) is 0 Å². The van der Waals surface area contributed by atoms with Gasteiger partial charge in [0.1, 0.15) is 36.1 Å². The summed E-state index contributed by atoms with van der Waals surface area (Å²) in [6.45, 7) is 0.231. The zero-order chi connectivity index (χ0) is 36.0. The van der Waals surface area contributed by atoms with Crippen LogP contribution in [0.25, 0.3) is 11.1 Å². The number of cyclic esters (lactones) is 1.